The molecule has 0 bridgehead atoms. The Morgan fingerprint density at radius 1 is 1.12 bits per heavy atom. The second kappa shape index (κ2) is 10.1. The minimum absolute atomic E-state index is 0.0926. The zero-order valence-corrected chi connectivity index (χ0v) is 19.1. The third-order valence-corrected chi connectivity index (χ3v) is 6.21. The van der Waals surface area contributed by atoms with E-state index >= 15 is 0 Å². The first kappa shape index (κ1) is 22.9. The molecule has 1 heterocycles. The summed E-state index contributed by atoms with van der Waals surface area (Å²) >= 11 is 6.35. The fraction of sp³-hybridized carbons (Fsp3) is 0.259. The second-order valence-corrected chi connectivity index (χ2v) is 8.59. The zero-order chi connectivity index (χ0) is 23.4. The van der Waals surface area contributed by atoms with Crippen LogP contribution in [0, 0.1) is 6.92 Å². The summed E-state index contributed by atoms with van der Waals surface area (Å²) in [5.41, 5.74) is 3.71. The summed E-state index contributed by atoms with van der Waals surface area (Å²) in [6.07, 6.45) is 2.55. The number of hydrogen-bond acceptors (Lipinski definition) is 4. The number of carbonyl (C=O) groups is 2. The van der Waals surface area contributed by atoms with Gasteiger partial charge in [-0.3, -0.25) is 9.59 Å². The standard InChI is InChI=1S/C27H25ClO5/c1-17-5-2-3-6-18(17)7-4-8-24(29)19-9-11-20(12-10-19)33-26-16-25-22(15-23(26)28)21(27(30)31)13-14-32-25/h2-3,5-6,9-12,15-16,21H,4,7-8,13-14H2,1H3,(H,30,31). The van der Waals surface area contributed by atoms with Crippen LogP contribution in [0.1, 0.15) is 52.2 Å². The Bertz CT molecular complexity index is 1170. The Balaban J connectivity index is 1.39. The third kappa shape index (κ3) is 5.37. The molecule has 1 atom stereocenters. The van der Waals surface area contributed by atoms with E-state index in [1.54, 1.807) is 36.4 Å². The normalized spacial score (nSPS) is 14.8. The van der Waals surface area contributed by atoms with E-state index in [-0.39, 0.29) is 5.78 Å². The molecule has 0 aromatic heterocycles. The number of carboxylic acids is 1. The van der Waals surface area contributed by atoms with Crippen molar-refractivity contribution in [1.29, 1.82) is 0 Å². The number of halogens is 1. The van der Waals surface area contributed by atoms with Gasteiger partial charge in [0.15, 0.2) is 5.78 Å². The van der Waals surface area contributed by atoms with Crippen LogP contribution in [0.15, 0.2) is 60.7 Å². The lowest BCUT2D eigenvalue weighted by molar-refractivity contribution is -0.139. The van der Waals surface area contributed by atoms with Gasteiger partial charge < -0.3 is 14.6 Å². The van der Waals surface area contributed by atoms with Gasteiger partial charge in [0.2, 0.25) is 0 Å². The van der Waals surface area contributed by atoms with Crippen LogP contribution in [0.3, 0.4) is 0 Å². The highest BCUT2D eigenvalue weighted by Gasteiger charge is 2.29. The molecule has 1 N–H and O–H groups in total. The third-order valence-electron chi connectivity index (χ3n) is 5.92. The number of ketones is 1. The molecular formula is C27H25ClO5. The van der Waals surface area contributed by atoms with E-state index in [2.05, 4.69) is 19.1 Å². The maximum atomic E-state index is 12.6. The number of hydrogen-bond donors (Lipinski definition) is 1. The molecular weight excluding hydrogens is 440 g/mol. The second-order valence-electron chi connectivity index (χ2n) is 8.18. The number of ether oxygens (including phenoxy) is 2. The van der Waals surface area contributed by atoms with Crippen molar-refractivity contribution in [1.82, 2.24) is 0 Å². The minimum atomic E-state index is -0.900. The van der Waals surface area contributed by atoms with E-state index in [0.29, 0.717) is 52.8 Å². The molecule has 4 rings (SSSR count). The number of carbonyl (C=O) groups excluding carboxylic acids is 1. The van der Waals surface area contributed by atoms with Crippen LogP contribution in [0.2, 0.25) is 5.02 Å². The summed E-state index contributed by atoms with van der Waals surface area (Å²) in [7, 11) is 0. The molecule has 0 aliphatic carbocycles. The van der Waals surface area contributed by atoms with Gasteiger partial charge in [-0.05, 0) is 67.6 Å². The van der Waals surface area contributed by atoms with Gasteiger partial charge >= 0.3 is 5.97 Å². The molecule has 33 heavy (non-hydrogen) atoms. The van der Waals surface area contributed by atoms with Crippen molar-refractivity contribution in [3.63, 3.8) is 0 Å². The van der Waals surface area contributed by atoms with Crippen molar-refractivity contribution in [3.05, 3.63) is 87.9 Å². The molecule has 1 aliphatic heterocycles. The van der Waals surface area contributed by atoms with Gasteiger partial charge in [-0.1, -0.05) is 35.9 Å². The first-order chi connectivity index (χ1) is 15.9. The first-order valence-electron chi connectivity index (χ1n) is 11.0. The highest BCUT2D eigenvalue weighted by Crippen LogP contribution is 2.41. The van der Waals surface area contributed by atoms with Crippen LogP contribution in [0.5, 0.6) is 17.2 Å². The van der Waals surface area contributed by atoms with Gasteiger partial charge in [-0.15, -0.1) is 0 Å². The van der Waals surface area contributed by atoms with Crippen LogP contribution in [0.25, 0.3) is 0 Å². The highest BCUT2D eigenvalue weighted by atomic mass is 35.5. The van der Waals surface area contributed by atoms with E-state index in [0.717, 1.165) is 12.8 Å². The Labute approximate surface area is 197 Å². The number of Topliss-reactive ketones (excluding diaryl/α,β-unsaturated/α-hetero) is 1. The molecule has 0 saturated heterocycles. The summed E-state index contributed by atoms with van der Waals surface area (Å²) in [4.78, 5) is 24.1. The van der Waals surface area contributed by atoms with Gasteiger partial charge in [0.1, 0.15) is 17.2 Å². The average Bonchev–Trinajstić information content (AvgIpc) is 2.80. The fourth-order valence-electron chi connectivity index (χ4n) is 4.03. The van der Waals surface area contributed by atoms with Crippen LogP contribution < -0.4 is 9.47 Å². The van der Waals surface area contributed by atoms with Crippen molar-refractivity contribution in [2.45, 2.75) is 38.5 Å². The van der Waals surface area contributed by atoms with Crippen LogP contribution in [-0.4, -0.2) is 23.5 Å². The predicted octanol–water partition coefficient (Wildman–Crippen LogP) is 6.60. The Hall–Kier alpha value is -3.31. The molecule has 0 radical (unpaired) electrons. The summed E-state index contributed by atoms with van der Waals surface area (Å²) in [6, 6.07) is 18.4. The number of aliphatic carboxylic acids is 1. The molecule has 0 fully saturated rings. The highest BCUT2D eigenvalue weighted by molar-refractivity contribution is 6.32. The monoisotopic (exact) mass is 464 g/mol. The largest absolute Gasteiger partial charge is 0.493 e. The molecule has 1 unspecified atom stereocenters. The predicted molar refractivity (Wildman–Crippen MR) is 127 cm³/mol. The fourth-order valence-corrected chi connectivity index (χ4v) is 4.25. The zero-order valence-electron chi connectivity index (χ0n) is 18.3. The molecule has 170 valence electrons. The average molecular weight is 465 g/mol. The van der Waals surface area contributed by atoms with Crippen LogP contribution >= 0.6 is 11.6 Å². The maximum Gasteiger partial charge on any atom is 0.311 e. The van der Waals surface area contributed by atoms with Gasteiger partial charge in [-0.2, -0.15) is 0 Å². The lowest BCUT2D eigenvalue weighted by Gasteiger charge is -2.24. The summed E-state index contributed by atoms with van der Waals surface area (Å²) in [5, 5.41) is 9.73. The van der Waals surface area contributed by atoms with Crippen LogP contribution in [0.4, 0.5) is 0 Å². The van der Waals surface area contributed by atoms with Gasteiger partial charge in [0.05, 0.1) is 17.5 Å². The smallest absolute Gasteiger partial charge is 0.311 e. The quantitative estimate of drug-likeness (QED) is 0.380. The van der Waals surface area contributed by atoms with Gasteiger partial charge in [0.25, 0.3) is 0 Å². The molecule has 3 aromatic rings. The number of fused-ring (bicyclic) bond motifs is 1. The maximum absolute atomic E-state index is 12.6. The number of rotatable bonds is 8. The van der Waals surface area contributed by atoms with E-state index in [4.69, 9.17) is 21.1 Å². The van der Waals surface area contributed by atoms with Crippen molar-refractivity contribution in [2.24, 2.45) is 0 Å². The van der Waals surface area contributed by atoms with Crippen molar-refractivity contribution >= 4 is 23.4 Å². The summed E-state index contributed by atoms with van der Waals surface area (Å²) < 4.78 is 11.5. The summed E-state index contributed by atoms with van der Waals surface area (Å²) in [5.74, 6) is -0.0823. The lowest BCUT2D eigenvalue weighted by Crippen LogP contribution is -2.20. The number of benzene rings is 3. The molecule has 5 nitrogen and oxygen atoms in total. The van der Waals surface area contributed by atoms with Crippen molar-refractivity contribution in [2.75, 3.05) is 6.61 Å². The summed E-state index contributed by atoms with van der Waals surface area (Å²) in [6.45, 7) is 2.41. The SMILES string of the molecule is Cc1ccccc1CCCC(=O)c1ccc(Oc2cc3c(cc2Cl)C(C(=O)O)CCO3)cc1. The van der Waals surface area contributed by atoms with Gasteiger partial charge in [-0.25, -0.2) is 0 Å². The van der Waals surface area contributed by atoms with Crippen molar-refractivity contribution < 1.29 is 24.2 Å². The molecule has 1 aliphatic rings. The minimum Gasteiger partial charge on any atom is -0.493 e. The molecule has 6 heteroatoms. The Kier molecular flexibility index (Phi) is 6.99. The molecule has 0 spiro atoms. The Morgan fingerprint density at radius 3 is 2.61 bits per heavy atom. The van der Waals surface area contributed by atoms with E-state index in [1.807, 2.05) is 12.1 Å². The first-order valence-corrected chi connectivity index (χ1v) is 11.3. The number of carboxylic acid groups (broad SMARTS) is 1. The Morgan fingerprint density at radius 2 is 1.88 bits per heavy atom. The van der Waals surface area contributed by atoms with E-state index in [1.165, 1.54) is 11.1 Å². The van der Waals surface area contributed by atoms with E-state index in [9.17, 15) is 14.7 Å². The van der Waals surface area contributed by atoms with Crippen LogP contribution in [-0.2, 0) is 11.2 Å². The van der Waals surface area contributed by atoms with Crippen molar-refractivity contribution in [3.8, 4) is 17.2 Å². The molecule has 3 aromatic carbocycles. The number of aryl methyl sites for hydroxylation is 2. The molecule has 0 amide bonds. The lowest BCUT2D eigenvalue weighted by atomic mass is 9.93. The van der Waals surface area contributed by atoms with Gasteiger partial charge in [0, 0.05) is 23.6 Å². The topological polar surface area (TPSA) is 72.8 Å². The van der Waals surface area contributed by atoms with E-state index < -0.39 is 11.9 Å². The molecule has 0 saturated carbocycles.